The smallest absolute Gasteiger partial charge is 0.343 e. The van der Waals surface area contributed by atoms with E-state index in [1.165, 1.54) is 18.2 Å². The van der Waals surface area contributed by atoms with Crippen LogP contribution in [0.1, 0.15) is 0 Å². The molecule has 8 nitrogen and oxygen atoms in total. The van der Waals surface area contributed by atoms with Gasteiger partial charge in [0.2, 0.25) is 5.89 Å². The number of carbonyl (C=O) groups is 1. The van der Waals surface area contributed by atoms with Crippen molar-refractivity contribution in [3.05, 3.63) is 77.8 Å². The van der Waals surface area contributed by atoms with Gasteiger partial charge in [-0.3, -0.25) is 5.21 Å². The molecule has 4 rings (SSSR count). The first-order valence-electron chi connectivity index (χ1n) is 9.60. The Hall–Kier alpha value is -3.66. The Morgan fingerprint density at radius 1 is 1.00 bits per heavy atom. The molecule has 168 valence electrons. The minimum atomic E-state index is -3.55. The van der Waals surface area contributed by atoms with Crippen molar-refractivity contribution in [3.8, 4) is 34.0 Å². The summed E-state index contributed by atoms with van der Waals surface area (Å²) >= 11 is 6.02. The molecule has 0 spiro atoms. The summed E-state index contributed by atoms with van der Waals surface area (Å²) in [5.41, 5.74) is 7.18. The number of hydroxylamine groups is 1. The Balaban J connectivity index is 1.89. The van der Waals surface area contributed by atoms with E-state index in [1.807, 2.05) is 0 Å². The number of oxazole rings is 1. The highest BCUT2D eigenvalue weighted by Gasteiger charge is 2.23. The fourth-order valence-corrected chi connectivity index (χ4v) is 4.30. The number of nitrogens with zero attached hydrogens (tertiary/aromatic N) is 2. The van der Waals surface area contributed by atoms with E-state index in [0.29, 0.717) is 38.2 Å². The first-order chi connectivity index (χ1) is 15.6. The van der Waals surface area contributed by atoms with Crippen LogP contribution in [-0.2, 0) is 9.84 Å². The van der Waals surface area contributed by atoms with Crippen LogP contribution in [0.3, 0.4) is 0 Å². The number of urea groups is 1. The number of nitrogens with two attached hydrogens (primary N) is 1. The van der Waals surface area contributed by atoms with Crippen LogP contribution >= 0.6 is 11.6 Å². The standard InChI is InChI=1S/C23H18ClN3O5S/c1-33(30,31)19-5-3-2-4-18(19)20-21(14-6-10-16(24)11-7-14)32-22(26-20)15-8-12-17(13-9-15)27(29)23(25)28/h2-13,29H,1H3,(H2,25,28). The number of amides is 2. The van der Waals surface area contributed by atoms with E-state index in [-0.39, 0.29) is 16.5 Å². The van der Waals surface area contributed by atoms with Gasteiger partial charge in [0.05, 0.1) is 10.6 Å². The lowest BCUT2D eigenvalue weighted by atomic mass is 10.1. The van der Waals surface area contributed by atoms with Gasteiger partial charge in [-0.05, 0) is 54.6 Å². The van der Waals surface area contributed by atoms with Gasteiger partial charge in [-0.15, -0.1) is 0 Å². The summed E-state index contributed by atoms with van der Waals surface area (Å²) in [5.74, 6) is 0.580. The lowest BCUT2D eigenvalue weighted by Crippen LogP contribution is -2.32. The van der Waals surface area contributed by atoms with Crippen LogP contribution in [0.5, 0.6) is 0 Å². The maximum atomic E-state index is 12.4. The van der Waals surface area contributed by atoms with Crippen molar-refractivity contribution in [2.45, 2.75) is 4.90 Å². The van der Waals surface area contributed by atoms with Gasteiger partial charge in [-0.25, -0.2) is 18.2 Å². The zero-order chi connectivity index (χ0) is 23.8. The summed E-state index contributed by atoms with van der Waals surface area (Å²) < 4.78 is 30.9. The van der Waals surface area contributed by atoms with Crippen molar-refractivity contribution in [2.75, 3.05) is 11.3 Å². The average molecular weight is 484 g/mol. The highest BCUT2D eigenvalue weighted by molar-refractivity contribution is 7.90. The molecule has 10 heteroatoms. The Morgan fingerprint density at radius 3 is 2.21 bits per heavy atom. The number of benzene rings is 3. The van der Waals surface area contributed by atoms with Crippen LogP contribution in [0.15, 0.2) is 82.1 Å². The molecule has 4 aromatic rings. The average Bonchev–Trinajstić information content (AvgIpc) is 3.24. The van der Waals surface area contributed by atoms with Crippen molar-refractivity contribution < 1.29 is 22.8 Å². The van der Waals surface area contributed by atoms with Gasteiger partial charge in [0.25, 0.3) is 0 Å². The molecular formula is C23H18ClN3O5S. The summed E-state index contributed by atoms with van der Waals surface area (Å²) in [6, 6.07) is 18.5. The molecule has 0 saturated carbocycles. The van der Waals surface area contributed by atoms with E-state index >= 15 is 0 Å². The number of hydrogen-bond donors (Lipinski definition) is 2. The molecule has 0 aliphatic rings. The second-order valence-electron chi connectivity index (χ2n) is 7.17. The number of aromatic nitrogens is 1. The van der Waals surface area contributed by atoms with Gasteiger partial charge >= 0.3 is 6.03 Å². The Morgan fingerprint density at radius 2 is 1.61 bits per heavy atom. The molecule has 33 heavy (non-hydrogen) atoms. The fraction of sp³-hybridized carbons (Fsp3) is 0.0435. The number of primary amides is 1. The van der Waals surface area contributed by atoms with Gasteiger partial charge in [-0.2, -0.15) is 5.06 Å². The maximum Gasteiger partial charge on any atom is 0.343 e. The fourth-order valence-electron chi connectivity index (χ4n) is 3.28. The molecular weight excluding hydrogens is 466 g/mol. The van der Waals surface area contributed by atoms with E-state index in [1.54, 1.807) is 54.6 Å². The molecule has 0 unspecified atom stereocenters. The number of anilines is 1. The zero-order valence-corrected chi connectivity index (χ0v) is 18.8. The van der Waals surface area contributed by atoms with Crippen LogP contribution in [-0.4, -0.2) is 30.9 Å². The second-order valence-corrected chi connectivity index (χ2v) is 9.59. The third kappa shape index (κ3) is 4.61. The molecule has 0 bridgehead atoms. The number of carbonyl (C=O) groups excluding carboxylic acids is 1. The lowest BCUT2D eigenvalue weighted by molar-refractivity contribution is 0.212. The summed E-state index contributed by atoms with van der Waals surface area (Å²) in [6.45, 7) is 0. The molecule has 0 saturated heterocycles. The van der Waals surface area contributed by atoms with Crippen molar-refractivity contribution in [1.29, 1.82) is 0 Å². The number of hydrogen-bond acceptors (Lipinski definition) is 6. The summed E-state index contributed by atoms with van der Waals surface area (Å²) in [6.07, 6.45) is 1.13. The minimum Gasteiger partial charge on any atom is -0.435 e. The molecule has 2 amide bonds. The van der Waals surface area contributed by atoms with Gasteiger partial charge in [0.1, 0.15) is 5.69 Å². The predicted octanol–water partition coefficient (Wildman–Crippen LogP) is 5.01. The third-order valence-corrected chi connectivity index (χ3v) is 6.25. The SMILES string of the molecule is CS(=O)(=O)c1ccccc1-c1nc(-c2ccc(N(O)C(N)=O)cc2)oc1-c1ccc(Cl)cc1. The van der Waals surface area contributed by atoms with E-state index in [4.69, 9.17) is 21.8 Å². The molecule has 0 fully saturated rings. The number of halogens is 1. The maximum absolute atomic E-state index is 12.4. The number of sulfone groups is 1. The molecule has 3 N–H and O–H groups in total. The van der Waals surface area contributed by atoms with E-state index < -0.39 is 15.9 Å². The summed E-state index contributed by atoms with van der Waals surface area (Å²) in [4.78, 5) is 15.9. The summed E-state index contributed by atoms with van der Waals surface area (Å²) in [5, 5.41) is 10.5. The Labute approximate surface area is 194 Å². The molecule has 1 heterocycles. The second kappa shape index (κ2) is 8.70. The van der Waals surface area contributed by atoms with Crippen molar-refractivity contribution >= 4 is 33.2 Å². The highest BCUT2D eigenvalue weighted by atomic mass is 35.5. The normalized spacial score (nSPS) is 11.4. The Kier molecular flexibility index (Phi) is 5.94. The minimum absolute atomic E-state index is 0.118. The summed E-state index contributed by atoms with van der Waals surface area (Å²) in [7, 11) is -3.55. The van der Waals surface area contributed by atoms with Gasteiger partial charge < -0.3 is 10.2 Å². The van der Waals surface area contributed by atoms with Gasteiger partial charge in [-0.1, -0.05) is 29.8 Å². The molecule has 0 atom stereocenters. The first kappa shape index (κ1) is 22.5. The van der Waals surface area contributed by atoms with Crippen LogP contribution < -0.4 is 10.8 Å². The van der Waals surface area contributed by atoms with Crippen LogP contribution in [0.25, 0.3) is 34.0 Å². The highest BCUT2D eigenvalue weighted by Crippen LogP contribution is 2.39. The molecule has 3 aromatic carbocycles. The molecule has 0 aliphatic heterocycles. The van der Waals surface area contributed by atoms with Crippen LogP contribution in [0.4, 0.5) is 10.5 Å². The largest absolute Gasteiger partial charge is 0.435 e. The van der Waals surface area contributed by atoms with Crippen LogP contribution in [0, 0.1) is 0 Å². The number of rotatable bonds is 5. The van der Waals surface area contributed by atoms with Crippen molar-refractivity contribution in [3.63, 3.8) is 0 Å². The van der Waals surface area contributed by atoms with E-state index in [9.17, 15) is 18.4 Å². The lowest BCUT2D eigenvalue weighted by Gasteiger charge is -2.11. The first-order valence-corrected chi connectivity index (χ1v) is 11.9. The van der Waals surface area contributed by atoms with E-state index in [2.05, 4.69) is 4.98 Å². The van der Waals surface area contributed by atoms with Crippen molar-refractivity contribution in [2.24, 2.45) is 5.73 Å². The van der Waals surface area contributed by atoms with Crippen molar-refractivity contribution in [1.82, 2.24) is 4.98 Å². The molecule has 1 aromatic heterocycles. The van der Waals surface area contributed by atoms with E-state index in [0.717, 1.165) is 6.26 Å². The molecule has 0 aliphatic carbocycles. The zero-order valence-electron chi connectivity index (χ0n) is 17.3. The predicted molar refractivity (Wildman–Crippen MR) is 125 cm³/mol. The molecule has 0 radical (unpaired) electrons. The Bertz CT molecular complexity index is 1430. The topological polar surface area (TPSA) is 127 Å². The third-order valence-electron chi connectivity index (χ3n) is 4.84. The van der Waals surface area contributed by atoms with Gasteiger partial charge in [0.15, 0.2) is 15.6 Å². The van der Waals surface area contributed by atoms with Crippen LogP contribution in [0.2, 0.25) is 5.02 Å². The van der Waals surface area contributed by atoms with Gasteiger partial charge in [0, 0.05) is 28.0 Å². The monoisotopic (exact) mass is 483 g/mol. The quantitative estimate of drug-likeness (QED) is 0.303.